The van der Waals surface area contributed by atoms with Gasteiger partial charge in [-0.2, -0.15) is 9.64 Å². The number of anilines is 1. The fraction of sp³-hybridized carbons (Fsp3) is 0.375. The highest BCUT2D eigenvalue weighted by molar-refractivity contribution is 7.10. The number of nitriles is 1. The predicted octanol–water partition coefficient (Wildman–Crippen LogP) is 3.88. The zero-order chi connectivity index (χ0) is 16.2. The summed E-state index contributed by atoms with van der Waals surface area (Å²) >= 11 is 7.11. The average molecular weight is 351 g/mol. The summed E-state index contributed by atoms with van der Waals surface area (Å²) in [5, 5.41) is 13.5. The van der Waals surface area contributed by atoms with E-state index >= 15 is 0 Å². The fourth-order valence-electron chi connectivity index (χ4n) is 2.75. The second kappa shape index (κ2) is 7.26. The van der Waals surface area contributed by atoms with Crippen LogP contribution < -0.4 is 5.32 Å². The summed E-state index contributed by atoms with van der Waals surface area (Å²) in [7, 11) is 0. The molecule has 0 spiro atoms. The normalized spacial score (nSPS) is 16.2. The number of piperidine rings is 1. The van der Waals surface area contributed by atoms with Crippen molar-refractivity contribution < 1.29 is 4.39 Å². The van der Waals surface area contributed by atoms with Crippen LogP contribution >= 0.6 is 23.1 Å². The number of aromatic nitrogens is 1. The third-order valence-corrected chi connectivity index (χ3v) is 5.19. The molecule has 1 N–H and O–H groups in total. The van der Waals surface area contributed by atoms with Crippen molar-refractivity contribution in [3.63, 3.8) is 0 Å². The van der Waals surface area contributed by atoms with E-state index in [1.165, 1.54) is 17.6 Å². The summed E-state index contributed by atoms with van der Waals surface area (Å²) in [5.41, 5.74) is 1.16. The van der Waals surface area contributed by atoms with Crippen LogP contribution in [0.3, 0.4) is 0 Å². The van der Waals surface area contributed by atoms with Crippen LogP contribution in [0, 0.1) is 17.1 Å². The van der Waals surface area contributed by atoms with E-state index in [0.29, 0.717) is 12.1 Å². The van der Waals surface area contributed by atoms with E-state index in [-0.39, 0.29) is 17.0 Å². The first-order valence-electron chi connectivity index (χ1n) is 7.45. The lowest BCUT2D eigenvalue weighted by atomic mass is 10.0. The molecule has 0 saturated carbocycles. The lowest BCUT2D eigenvalue weighted by Gasteiger charge is -2.32. The van der Waals surface area contributed by atoms with Gasteiger partial charge in [-0.05, 0) is 30.4 Å². The third-order valence-electron chi connectivity index (χ3n) is 4.04. The van der Waals surface area contributed by atoms with Crippen molar-refractivity contribution in [3.05, 3.63) is 46.4 Å². The zero-order valence-corrected chi connectivity index (χ0v) is 14.0. The van der Waals surface area contributed by atoms with Crippen LogP contribution in [0.1, 0.15) is 24.0 Å². The Morgan fingerprint density at radius 1 is 1.39 bits per heavy atom. The van der Waals surface area contributed by atoms with Gasteiger partial charge in [-0.25, -0.2) is 4.39 Å². The molecular weight excluding hydrogens is 335 g/mol. The Bertz CT molecular complexity index is 719. The van der Waals surface area contributed by atoms with Gasteiger partial charge in [0.2, 0.25) is 0 Å². The summed E-state index contributed by atoms with van der Waals surface area (Å²) in [4.78, 5) is 2.25. The molecule has 1 aromatic heterocycles. The molecule has 1 aliphatic rings. The van der Waals surface area contributed by atoms with Gasteiger partial charge in [0.15, 0.2) is 5.15 Å². The first-order chi connectivity index (χ1) is 11.2. The molecule has 0 aliphatic carbocycles. The van der Waals surface area contributed by atoms with Gasteiger partial charge in [0.1, 0.15) is 22.5 Å². The summed E-state index contributed by atoms with van der Waals surface area (Å²) in [6.07, 6.45) is 1.88. The molecule has 0 bridgehead atoms. The minimum atomic E-state index is -0.147. The maximum absolute atomic E-state index is 13.7. The smallest absolute Gasteiger partial charge is 0.162 e. The molecule has 23 heavy (non-hydrogen) atoms. The Morgan fingerprint density at radius 3 is 2.83 bits per heavy atom. The number of likely N-dealkylation sites (tertiary alicyclic amines) is 1. The van der Waals surface area contributed by atoms with Crippen LogP contribution in [0.4, 0.5) is 9.39 Å². The first kappa shape index (κ1) is 16.2. The summed E-state index contributed by atoms with van der Waals surface area (Å²) in [5.74, 6) is -0.147. The van der Waals surface area contributed by atoms with Gasteiger partial charge in [0.05, 0.1) is 0 Å². The van der Waals surface area contributed by atoms with Crippen LogP contribution in [0.5, 0.6) is 0 Å². The molecule has 1 fully saturated rings. The number of halogens is 2. The van der Waals surface area contributed by atoms with E-state index in [1.54, 1.807) is 6.07 Å². The second-order valence-electron chi connectivity index (χ2n) is 5.58. The Hall–Kier alpha value is -1.68. The largest absolute Gasteiger partial charge is 0.372 e. The fourth-order valence-corrected chi connectivity index (χ4v) is 3.77. The van der Waals surface area contributed by atoms with E-state index in [2.05, 4.69) is 20.7 Å². The molecule has 1 saturated heterocycles. The van der Waals surface area contributed by atoms with Crippen LogP contribution in [0.2, 0.25) is 5.15 Å². The third kappa shape index (κ3) is 3.81. The average Bonchev–Trinajstić information content (AvgIpc) is 2.91. The minimum absolute atomic E-state index is 0.147. The summed E-state index contributed by atoms with van der Waals surface area (Å²) < 4.78 is 17.7. The van der Waals surface area contributed by atoms with Crippen molar-refractivity contribution in [2.75, 3.05) is 18.4 Å². The molecule has 0 amide bonds. The van der Waals surface area contributed by atoms with Crippen molar-refractivity contribution in [1.29, 1.82) is 5.26 Å². The first-order valence-corrected chi connectivity index (χ1v) is 8.60. The number of benzene rings is 1. The molecule has 120 valence electrons. The molecular formula is C16H16ClFN4S. The highest BCUT2D eigenvalue weighted by atomic mass is 35.5. The van der Waals surface area contributed by atoms with Gasteiger partial charge < -0.3 is 5.32 Å². The lowest BCUT2D eigenvalue weighted by molar-refractivity contribution is 0.209. The molecule has 1 aliphatic heterocycles. The van der Waals surface area contributed by atoms with Gasteiger partial charge in [0, 0.05) is 31.2 Å². The molecule has 3 rings (SSSR count). The summed E-state index contributed by atoms with van der Waals surface area (Å²) in [6.45, 7) is 2.41. The van der Waals surface area contributed by atoms with E-state index in [9.17, 15) is 4.39 Å². The highest BCUT2D eigenvalue weighted by Crippen LogP contribution is 2.29. The zero-order valence-electron chi connectivity index (χ0n) is 12.4. The van der Waals surface area contributed by atoms with Gasteiger partial charge >= 0.3 is 0 Å². The van der Waals surface area contributed by atoms with Crippen molar-refractivity contribution in [2.24, 2.45) is 0 Å². The topological polar surface area (TPSA) is 52.0 Å². The second-order valence-corrected chi connectivity index (χ2v) is 6.71. The van der Waals surface area contributed by atoms with Gasteiger partial charge in [0.25, 0.3) is 0 Å². The van der Waals surface area contributed by atoms with E-state index < -0.39 is 0 Å². The standard InChI is InChI=1S/C16H16ClFN4S/c17-15-13(9-19)16(23-21-15)20-12-5-7-22(8-6-12)10-11-3-1-2-4-14(11)18/h1-4,12,20H,5-8,10H2. The van der Waals surface area contributed by atoms with Crippen molar-refractivity contribution >= 4 is 28.1 Å². The molecule has 1 aromatic carbocycles. The van der Waals surface area contributed by atoms with Crippen molar-refractivity contribution in [2.45, 2.75) is 25.4 Å². The maximum Gasteiger partial charge on any atom is 0.162 e. The Kier molecular flexibility index (Phi) is 5.11. The number of nitrogens with one attached hydrogen (secondary N) is 1. The van der Waals surface area contributed by atoms with Gasteiger partial charge in [-0.15, -0.1) is 0 Å². The quantitative estimate of drug-likeness (QED) is 0.909. The van der Waals surface area contributed by atoms with Crippen LogP contribution in [-0.2, 0) is 6.54 Å². The van der Waals surface area contributed by atoms with Gasteiger partial charge in [-0.1, -0.05) is 29.8 Å². The highest BCUT2D eigenvalue weighted by Gasteiger charge is 2.22. The number of nitrogens with zero attached hydrogens (tertiary/aromatic N) is 3. The molecule has 0 radical (unpaired) electrons. The molecule has 7 heteroatoms. The van der Waals surface area contributed by atoms with Crippen LogP contribution in [0.25, 0.3) is 0 Å². The molecule has 2 aromatic rings. The predicted molar refractivity (Wildman–Crippen MR) is 90.2 cm³/mol. The Balaban J connectivity index is 1.54. The van der Waals surface area contributed by atoms with E-state index in [1.807, 2.05) is 12.1 Å². The Morgan fingerprint density at radius 2 is 2.13 bits per heavy atom. The summed E-state index contributed by atoms with van der Waals surface area (Å²) in [6, 6.07) is 9.28. The Labute approximate surface area is 143 Å². The maximum atomic E-state index is 13.7. The number of rotatable bonds is 4. The van der Waals surface area contributed by atoms with Crippen molar-refractivity contribution in [3.8, 4) is 6.07 Å². The number of hydrogen-bond donors (Lipinski definition) is 1. The minimum Gasteiger partial charge on any atom is -0.372 e. The monoisotopic (exact) mass is 350 g/mol. The van der Waals surface area contributed by atoms with Gasteiger partial charge in [-0.3, -0.25) is 4.90 Å². The molecule has 0 unspecified atom stereocenters. The number of hydrogen-bond acceptors (Lipinski definition) is 5. The van der Waals surface area contributed by atoms with Crippen LogP contribution in [0.15, 0.2) is 24.3 Å². The van der Waals surface area contributed by atoms with Crippen molar-refractivity contribution in [1.82, 2.24) is 9.27 Å². The molecule has 4 nitrogen and oxygen atoms in total. The SMILES string of the molecule is N#Cc1c(Cl)nsc1NC1CCN(Cc2ccccc2F)CC1. The lowest BCUT2D eigenvalue weighted by Crippen LogP contribution is -2.38. The molecule has 0 atom stereocenters. The van der Waals surface area contributed by atoms with Crippen LogP contribution in [-0.4, -0.2) is 28.4 Å². The molecule has 2 heterocycles. The van der Waals surface area contributed by atoms with E-state index in [4.69, 9.17) is 16.9 Å². The van der Waals surface area contributed by atoms with E-state index in [0.717, 1.165) is 36.5 Å².